The van der Waals surface area contributed by atoms with Crippen LogP contribution in [0.1, 0.15) is 56.4 Å². The average Bonchev–Trinajstić information content (AvgIpc) is 3.16. The third kappa shape index (κ3) is 4.84. The highest BCUT2D eigenvalue weighted by Gasteiger charge is 2.30. The first-order chi connectivity index (χ1) is 14.9. The zero-order chi connectivity index (χ0) is 22.0. The van der Waals surface area contributed by atoms with Crippen molar-refractivity contribution >= 4 is 17.5 Å². The van der Waals surface area contributed by atoms with E-state index in [1.165, 1.54) is 0 Å². The number of carbonyl (C=O) groups is 1. The lowest BCUT2D eigenvalue weighted by Crippen LogP contribution is -2.45. The maximum Gasteiger partial charge on any atom is 0.225 e. The van der Waals surface area contributed by atoms with Crippen molar-refractivity contribution in [2.45, 2.75) is 53.0 Å². The van der Waals surface area contributed by atoms with Crippen LogP contribution in [-0.4, -0.2) is 43.6 Å². The first kappa shape index (κ1) is 21.2. The van der Waals surface area contributed by atoms with Gasteiger partial charge < -0.3 is 10.2 Å². The van der Waals surface area contributed by atoms with E-state index in [-0.39, 0.29) is 17.9 Å². The van der Waals surface area contributed by atoms with E-state index in [0.717, 1.165) is 54.6 Å². The Morgan fingerprint density at radius 3 is 2.71 bits per heavy atom. The van der Waals surface area contributed by atoms with Crippen molar-refractivity contribution in [3.05, 3.63) is 47.7 Å². The highest BCUT2D eigenvalue weighted by molar-refractivity contribution is 5.80. The fourth-order valence-corrected chi connectivity index (χ4v) is 4.31. The first-order valence-corrected chi connectivity index (χ1v) is 11.1. The average molecular weight is 422 g/mol. The Hall–Kier alpha value is -3.03. The van der Waals surface area contributed by atoms with E-state index in [2.05, 4.69) is 44.2 Å². The lowest BCUT2D eigenvalue weighted by atomic mass is 9.96. The van der Waals surface area contributed by atoms with E-state index in [1.807, 2.05) is 48.7 Å². The Morgan fingerprint density at radius 1 is 1.19 bits per heavy atom. The van der Waals surface area contributed by atoms with Crippen molar-refractivity contribution in [3.63, 3.8) is 0 Å². The smallest absolute Gasteiger partial charge is 0.225 e. The molecular weight excluding hydrogens is 390 g/mol. The molecule has 1 aliphatic heterocycles. The number of aryl methyl sites for hydroxylation is 2. The van der Waals surface area contributed by atoms with Gasteiger partial charge >= 0.3 is 0 Å². The zero-order valence-corrected chi connectivity index (χ0v) is 18.7. The summed E-state index contributed by atoms with van der Waals surface area (Å²) in [4.78, 5) is 24.6. The fraction of sp³-hybridized carbons (Fsp3) is 0.522. The zero-order valence-electron chi connectivity index (χ0n) is 18.7. The van der Waals surface area contributed by atoms with Crippen LogP contribution in [0, 0.1) is 25.7 Å². The Bertz CT molecular complexity index is 1040. The molecule has 8 nitrogen and oxygen atoms in total. The maximum absolute atomic E-state index is 13.3. The summed E-state index contributed by atoms with van der Waals surface area (Å²) >= 11 is 0. The molecule has 4 heterocycles. The van der Waals surface area contributed by atoms with Crippen molar-refractivity contribution in [3.8, 4) is 0 Å². The Balaban J connectivity index is 1.51. The molecule has 3 aromatic rings. The second-order valence-corrected chi connectivity index (χ2v) is 8.91. The molecule has 8 heteroatoms. The molecule has 31 heavy (non-hydrogen) atoms. The molecule has 0 aromatic carbocycles. The highest BCUT2D eigenvalue weighted by Crippen LogP contribution is 2.25. The van der Waals surface area contributed by atoms with E-state index in [4.69, 9.17) is 0 Å². The number of hydrogen-bond donors (Lipinski definition) is 1. The predicted octanol–water partition coefficient (Wildman–Crippen LogP) is 3.26. The van der Waals surface area contributed by atoms with E-state index >= 15 is 0 Å². The molecule has 1 amide bonds. The molecule has 0 saturated carbocycles. The molecule has 4 rings (SSSR count). The van der Waals surface area contributed by atoms with Gasteiger partial charge in [0.15, 0.2) is 11.5 Å². The fourth-order valence-electron chi connectivity index (χ4n) is 4.31. The molecule has 1 aliphatic rings. The molecule has 1 saturated heterocycles. The number of amides is 1. The second kappa shape index (κ2) is 8.99. The van der Waals surface area contributed by atoms with Gasteiger partial charge in [0.05, 0.1) is 12.0 Å². The standard InChI is InChI=1S/C23H31N7O/c1-15(2)12-19(21-28-27-20-9-5-6-11-30(20)21)26-22(31)18-8-7-10-29(14-18)23-24-16(3)13-17(4)25-23/h5-6,9,11,13,15,18-19H,7-8,10,12,14H2,1-4H3,(H,26,31)/t18-,19-/m0/s1. The summed E-state index contributed by atoms with van der Waals surface area (Å²) in [6.07, 6.45) is 4.56. The van der Waals surface area contributed by atoms with Crippen LogP contribution < -0.4 is 10.2 Å². The van der Waals surface area contributed by atoms with E-state index in [1.54, 1.807) is 0 Å². The van der Waals surface area contributed by atoms with Crippen LogP contribution in [0.4, 0.5) is 5.95 Å². The van der Waals surface area contributed by atoms with Crippen LogP contribution in [0.15, 0.2) is 30.5 Å². The van der Waals surface area contributed by atoms with Crippen LogP contribution in [0.5, 0.6) is 0 Å². The SMILES string of the molecule is Cc1cc(C)nc(N2CCC[C@H](C(=O)N[C@@H](CC(C)C)c3nnc4ccccn34)C2)n1. The molecule has 1 fully saturated rings. The van der Waals surface area contributed by atoms with Gasteiger partial charge in [-0.25, -0.2) is 9.97 Å². The van der Waals surface area contributed by atoms with Gasteiger partial charge in [0.2, 0.25) is 11.9 Å². The van der Waals surface area contributed by atoms with Crippen molar-refractivity contribution in [1.29, 1.82) is 0 Å². The van der Waals surface area contributed by atoms with Gasteiger partial charge in [-0.1, -0.05) is 19.9 Å². The number of rotatable bonds is 6. The molecule has 3 aromatic heterocycles. The van der Waals surface area contributed by atoms with Gasteiger partial charge in [-0.15, -0.1) is 10.2 Å². The molecule has 0 spiro atoms. The number of hydrogen-bond acceptors (Lipinski definition) is 6. The summed E-state index contributed by atoms with van der Waals surface area (Å²) in [5, 5.41) is 11.9. The Kier molecular flexibility index (Phi) is 6.15. The summed E-state index contributed by atoms with van der Waals surface area (Å²) in [5.41, 5.74) is 2.69. The molecule has 0 bridgehead atoms. The molecule has 0 radical (unpaired) electrons. The lowest BCUT2D eigenvalue weighted by Gasteiger charge is -2.33. The number of carbonyl (C=O) groups excluding carboxylic acids is 1. The minimum absolute atomic E-state index is 0.0624. The van der Waals surface area contributed by atoms with Crippen molar-refractivity contribution in [1.82, 2.24) is 29.9 Å². The number of fused-ring (bicyclic) bond motifs is 1. The van der Waals surface area contributed by atoms with Gasteiger partial charge in [0, 0.05) is 30.7 Å². The first-order valence-electron chi connectivity index (χ1n) is 11.1. The Morgan fingerprint density at radius 2 is 1.97 bits per heavy atom. The van der Waals surface area contributed by atoms with Crippen molar-refractivity contribution in [2.75, 3.05) is 18.0 Å². The largest absolute Gasteiger partial charge is 0.346 e. The number of pyridine rings is 1. The molecule has 164 valence electrons. The Labute approximate surface area is 183 Å². The van der Waals surface area contributed by atoms with Gasteiger partial charge in [-0.05, 0) is 57.2 Å². The van der Waals surface area contributed by atoms with Gasteiger partial charge in [-0.3, -0.25) is 9.20 Å². The molecular formula is C23H31N7O. The summed E-state index contributed by atoms with van der Waals surface area (Å²) in [6, 6.07) is 7.61. The van der Waals surface area contributed by atoms with Gasteiger partial charge in [-0.2, -0.15) is 0 Å². The predicted molar refractivity (Wildman–Crippen MR) is 120 cm³/mol. The summed E-state index contributed by atoms with van der Waals surface area (Å²) < 4.78 is 1.96. The summed E-state index contributed by atoms with van der Waals surface area (Å²) in [7, 11) is 0. The van der Waals surface area contributed by atoms with Gasteiger partial charge in [0.1, 0.15) is 0 Å². The van der Waals surface area contributed by atoms with Crippen LogP contribution >= 0.6 is 0 Å². The van der Waals surface area contributed by atoms with E-state index < -0.39 is 0 Å². The number of piperidine rings is 1. The third-order valence-corrected chi connectivity index (χ3v) is 5.72. The minimum atomic E-state index is -0.183. The van der Waals surface area contributed by atoms with Gasteiger partial charge in [0.25, 0.3) is 0 Å². The lowest BCUT2D eigenvalue weighted by molar-refractivity contribution is -0.126. The number of anilines is 1. The minimum Gasteiger partial charge on any atom is -0.346 e. The third-order valence-electron chi connectivity index (χ3n) is 5.72. The van der Waals surface area contributed by atoms with Crippen molar-refractivity contribution < 1.29 is 4.79 Å². The van der Waals surface area contributed by atoms with E-state index in [9.17, 15) is 4.79 Å². The second-order valence-electron chi connectivity index (χ2n) is 8.91. The highest BCUT2D eigenvalue weighted by atomic mass is 16.2. The normalized spacial score (nSPS) is 17.8. The molecule has 1 N–H and O–H groups in total. The molecule has 0 aliphatic carbocycles. The number of nitrogens with zero attached hydrogens (tertiary/aromatic N) is 6. The van der Waals surface area contributed by atoms with Crippen LogP contribution in [-0.2, 0) is 4.79 Å². The summed E-state index contributed by atoms with van der Waals surface area (Å²) in [6.45, 7) is 9.77. The monoisotopic (exact) mass is 421 g/mol. The van der Waals surface area contributed by atoms with Crippen LogP contribution in [0.2, 0.25) is 0 Å². The van der Waals surface area contributed by atoms with Crippen molar-refractivity contribution in [2.24, 2.45) is 11.8 Å². The maximum atomic E-state index is 13.3. The summed E-state index contributed by atoms with van der Waals surface area (Å²) in [5.74, 6) is 1.87. The van der Waals surface area contributed by atoms with E-state index in [0.29, 0.717) is 12.5 Å². The van der Waals surface area contributed by atoms with Crippen LogP contribution in [0.3, 0.4) is 0 Å². The quantitative estimate of drug-likeness (QED) is 0.657. The van der Waals surface area contributed by atoms with Crippen LogP contribution in [0.25, 0.3) is 5.65 Å². The molecule has 0 unspecified atom stereocenters. The topological polar surface area (TPSA) is 88.3 Å². The number of aromatic nitrogens is 5. The number of nitrogens with one attached hydrogen (secondary N) is 1. The molecule has 2 atom stereocenters.